The lowest BCUT2D eigenvalue weighted by Crippen LogP contribution is -2.48. The van der Waals surface area contributed by atoms with Gasteiger partial charge in [-0.25, -0.2) is 4.79 Å². The van der Waals surface area contributed by atoms with E-state index >= 15 is 0 Å². The van der Waals surface area contributed by atoms with E-state index in [0.29, 0.717) is 18.8 Å². The second kappa shape index (κ2) is 9.09. The molecule has 0 aromatic heterocycles. The van der Waals surface area contributed by atoms with E-state index in [9.17, 15) is 9.90 Å². The molecule has 0 radical (unpaired) electrons. The monoisotopic (exact) mass is 373 g/mol. The summed E-state index contributed by atoms with van der Waals surface area (Å²) in [6.07, 6.45) is 11.7. The van der Waals surface area contributed by atoms with Crippen LogP contribution in [0.5, 0.6) is 0 Å². The largest absolute Gasteiger partial charge is 0.465 e. The number of nitrogens with one attached hydrogen (secondary N) is 1. The lowest BCUT2D eigenvalue weighted by Gasteiger charge is -2.28. The average Bonchev–Trinajstić information content (AvgIpc) is 3.08. The molecule has 1 aromatic carbocycles. The summed E-state index contributed by atoms with van der Waals surface area (Å²) in [5.74, 6) is 1.18. The number of aliphatic hydroxyl groups is 1. The van der Waals surface area contributed by atoms with Gasteiger partial charge in [-0.3, -0.25) is 0 Å². The van der Waals surface area contributed by atoms with Gasteiger partial charge in [0.15, 0.2) is 0 Å². The van der Waals surface area contributed by atoms with Crippen molar-refractivity contribution in [2.45, 2.75) is 89.0 Å². The Bertz CT molecular complexity index is 645. The fourth-order valence-electron chi connectivity index (χ4n) is 5.14. The van der Waals surface area contributed by atoms with E-state index in [1.165, 1.54) is 68.1 Å². The number of amides is 1. The third-order valence-electron chi connectivity index (χ3n) is 6.78. The van der Waals surface area contributed by atoms with Crippen LogP contribution >= 0.6 is 0 Å². The fraction of sp³-hybridized carbons (Fsp3) is 0.696. The predicted molar refractivity (Wildman–Crippen MR) is 108 cm³/mol. The van der Waals surface area contributed by atoms with Gasteiger partial charge in [0.2, 0.25) is 0 Å². The summed E-state index contributed by atoms with van der Waals surface area (Å²) in [7, 11) is 0. The Kier molecular flexibility index (Phi) is 6.80. The summed E-state index contributed by atoms with van der Waals surface area (Å²) in [5.41, 5.74) is 3.65. The van der Waals surface area contributed by atoms with E-state index in [2.05, 4.69) is 30.4 Å². The van der Waals surface area contributed by atoms with Crippen LogP contribution in [0.25, 0.3) is 0 Å². The Morgan fingerprint density at radius 1 is 1.22 bits per heavy atom. The molecule has 4 nitrogen and oxygen atoms in total. The van der Waals surface area contributed by atoms with Crippen molar-refractivity contribution in [2.24, 2.45) is 5.92 Å². The number of aliphatic hydroxyl groups excluding tert-OH is 1. The Hall–Kier alpha value is -1.55. The van der Waals surface area contributed by atoms with Crippen LogP contribution in [-0.4, -0.2) is 28.5 Å². The molecule has 0 unspecified atom stereocenters. The Morgan fingerprint density at radius 3 is 2.81 bits per heavy atom. The molecule has 3 atom stereocenters. The minimum atomic E-state index is -1.04. The van der Waals surface area contributed by atoms with Crippen LogP contribution < -0.4 is 5.32 Å². The highest BCUT2D eigenvalue weighted by Gasteiger charge is 2.40. The summed E-state index contributed by atoms with van der Waals surface area (Å²) in [6, 6.07) is 6.92. The number of rotatable bonds is 8. The third-order valence-corrected chi connectivity index (χ3v) is 6.78. The number of hydrogen-bond donors (Lipinski definition) is 3. The molecule has 0 heterocycles. The van der Waals surface area contributed by atoms with Crippen molar-refractivity contribution in [1.82, 2.24) is 5.32 Å². The first kappa shape index (κ1) is 20.2. The van der Waals surface area contributed by atoms with E-state index < -0.39 is 11.6 Å². The van der Waals surface area contributed by atoms with Gasteiger partial charge in [-0.1, -0.05) is 57.2 Å². The van der Waals surface area contributed by atoms with E-state index in [1.54, 1.807) is 0 Å². The van der Waals surface area contributed by atoms with E-state index in [1.807, 2.05) is 0 Å². The molecular weight excluding hydrogens is 338 g/mol. The molecule has 0 spiro atoms. The number of carboxylic acid groups (broad SMARTS) is 1. The quantitative estimate of drug-likeness (QED) is 0.560. The Balaban J connectivity index is 1.60. The van der Waals surface area contributed by atoms with Gasteiger partial charge in [-0.2, -0.15) is 0 Å². The van der Waals surface area contributed by atoms with Gasteiger partial charge >= 0.3 is 6.09 Å². The van der Waals surface area contributed by atoms with Crippen LogP contribution in [0.4, 0.5) is 4.79 Å². The summed E-state index contributed by atoms with van der Waals surface area (Å²) in [6.45, 7) is 2.14. The van der Waals surface area contributed by atoms with E-state index in [4.69, 9.17) is 5.11 Å². The zero-order valence-corrected chi connectivity index (χ0v) is 16.7. The first-order chi connectivity index (χ1) is 13.0. The molecule has 27 heavy (non-hydrogen) atoms. The van der Waals surface area contributed by atoms with Gasteiger partial charge < -0.3 is 15.5 Å². The van der Waals surface area contributed by atoms with Crippen molar-refractivity contribution in [3.05, 3.63) is 34.9 Å². The van der Waals surface area contributed by atoms with Crippen molar-refractivity contribution in [3.8, 4) is 0 Å². The molecule has 1 fully saturated rings. The number of fused-ring (bicyclic) bond motifs is 1. The van der Waals surface area contributed by atoms with Gasteiger partial charge in [0.05, 0.1) is 12.1 Å². The summed E-state index contributed by atoms with van der Waals surface area (Å²) < 4.78 is 0. The van der Waals surface area contributed by atoms with Crippen LogP contribution in [-0.2, 0) is 12.8 Å². The molecule has 0 bridgehead atoms. The number of benzene rings is 1. The van der Waals surface area contributed by atoms with Crippen LogP contribution in [0.15, 0.2) is 18.2 Å². The van der Waals surface area contributed by atoms with Crippen LogP contribution in [0.2, 0.25) is 0 Å². The third kappa shape index (κ3) is 5.04. The van der Waals surface area contributed by atoms with Gasteiger partial charge in [0.1, 0.15) is 0 Å². The van der Waals surface area contributed by atoms with Crippen LogP contribution in [0.3, 0.4) is 0 Å². The predicted octanol–water partition coefficient (Wildman–Crippen LogP) is 5.03. The summed E-state index contributed by atoms with van der Waals surface area (Å²) >= 11 is 0. The average molecular weight is 374 g/mol. The molecule has 3 N–H and O–H groups in total. The van der Waals surface area contributed by atoms with E-state index in [0.717, 1.165) is 12.3 Å². The molecule has 1 amide bonds. The topological polar surface area (TPSA) is 69.6 Å². The number of hydrogen-bond acceptors (Lipinski definition) is 2. The number of aryl methyl sites for hydroxylation is 1. The van der Waals surface area contributed by atoms with Gasteiger partial charge in [0.25, 0.3) is 0 Å². The normalized spacial score (nSPS) is 27.3. The highest BCUT2D eigenvalue weighted by atomic mass is 16.4. The highest BCUT2D eigenvalue weighted by molar-refractivity contribution is 5.65. The van der Waals surface area contributed by atoms with Crippen molar-refractivity contribution in [2.75, 3.05) is 6.61 Å². The fourth-order valence-corrected chi connectivity index (χ4v) is 5.14. The zero-order valence-electron chi connectivity index (χ0n) is 16.7. The maximum atomic E-state index is 11.1. The minimum absolute atomic E-state index is 0.125. The van der Waals surface area contributed by atoms with Crippen LogP contribution in [0, 0.1) is 5.92 Å². The van der Waals surface area contributed by atoms with Crippen molar-refractivity contribution < 1.29 is 15.0 Å². The first-order valence-electron chi connectivity index (χ1n) is 10.8. The zero-order chi connectivity index (χ0) is 19.3. The Labute approximate surface area is 163 Å². The van der Waals surface area contributed by atoms with Crippen LogP contribution in [0.1, 0.15) is 87.3 Å². The highest BCUT2D eigenvalue weighted by Crippen LogP contribution is 2.42. The van der Waals surface area contributed by atoms with Crippen molar-refractivity contribution in [3.63, 3.8) is 0 Å². The maximum absolute atomic E-state index is 11.1. The van der Waals surface area contributed by atoms with Gasteiger partial charge in [0, 0.05) is 0 Å². The lowest BCUT2D eigenvalue weighted by molar-refractivity contribution is 0.139. The molecule has 1 aromatic rings. The second-order valence-electron chi connectivity index (χ2n) is 8.79. The van der Waals surface area contributed by atoms with E-state index in [-0.39, 0.29) is 6.61 Å². The summed E-state index contributed by atoms with van der Waals surface area (Å²) in [4.78, 5) is 11.1. The van der Waals surface area contributed by atoms with Crippen molar-refractivity contribution in [1.29, 1.82) is 0 Å². The number of carbonyl (C=O) groups is 1. The lowest BCUT2D eigenvalue weighted by atomic mass is 9.79. The molecular formula is C23H35NO3. The molecule has 150 valence electrons. The molecule has 0 aliphatic heterocycles. The molecule has 3 rings (SSSR count). The van der Waals surface area contributed by atoms with Gasteiger partial charge in [-0.15, -0.1) is 0 Å². The van der Waals surface area contributed by atoms with Gasteiger partial charge in [-0.05, 0) is 67.1 Å². The summed E-state index contributed by atoms with van der Waals surface area (Å²) in [5, 5.41) is 21.4. The molecule has 2 aliphatic carbocycles. The standard InChI is InChI=1S/C23H35NO3/c1-2-3-4-5-6-17-7-8-19-14-20(10-9-18(19)13-17)21-11-12-23(15-21,16-25)24-22(26)27/h9-10,14,17,21,24-25H,2-8,11-13,15-16H2,1H3,(H,26,27)/t17-,21+,23-/m1/s1. The molecule has 0 saturated heterocycles. The number of unbranched alkanes of at least 4 members (excludes halogenated alkanes) is 3. The Morgan fingerprint density at radius 2 is 2.07 bits per heavy atom. The minimum Gasteiger partial charge on any atom is -0.465 e. The first-order valence-corrected chi connectivity index (χ1v) is 10.8. The molecule has 2 aliphatic rings. The smallest absolute Gasteiger partial charge is 0.405 e. The molecule has 1 saturated carbocycles. The SMILES string of the molecule is CCCCCC[C@@H]1CCc2cc([C@H]3CC[C@@](CO)(NC(=O)O)C3)ccc2C1. The van der Waals surface area contributed by atoms with Crippen molar-refractivity contribution >= 4 is 6.09 Å². The molecule has 4 heteroatoms. The maximum Gasteiger partial charge on any atom is 0.405 e. The second-order valence-corrected chi connectivity index (χ2v) is 8.79.